The summed E-state index contributed by atoms with van der Waals surface area (Å²) in [6.07, 6.45) is 0.318. The molecule has 1 heterocycles. The van der Waals surface area contributed by atoms with Crippen LogP contribution in [0.2, 0.25) is 0 Å². The number of likely N-dealkylation sites (N-methyl/N-ethyl adjacent to an activating group) is 1. The van der Waals surface area contributed by atoms with Crippen molar-refractivity contribution in [2.24, 2.45) is 0 Å². The van der Waals surface area contributed by atoms with Gasteiger partial charge in [0.15, 0.2) is 0 Å². The molecule has 1 saturated heterocycles. The zero-order valence-corrected chi connectivity index (χ0v) is 8.42. The van der Waals surface area contributed by atoms with Crippen LogP contribution in [0.3, 0.4) is 0 Å². The Morgan fingerprint density at radius 1 is 1.17 bits per heavy atom. The molecule has 1 aliphatic heterocycles. The van der Waals surface area contributed by atoms with Gasteiger partial charge in [-0.1, -0.05) is 6.92 Å². The molecule has 0 atom stereocenters. The second-order valence-corrected chi connectivity index (χ2v) is 3.52. The van der Waals surface area contributed by atoms with Crippen LogP contribution in [0.5, 0.6) is 0 Å². The first-order valence-corrected chi connectivity index (χ1v) is 4.86. The van der Waals surface area contributed by atoms with Gasteiger partial charge in [-0.15, -0.1) is 0 Å². The Morgan fingerprint density at radius 2 is 1.75 bits per heavy atom. The maximum atomic E-state index is 5.59. The molecule has 0 bridgehead atoms. The smallest absolute Gasteiger partial charge is 0.0737 e. The first-order chi connectivity index (χ1) is 5.72. The minimum atomic E-state index is 0.318. The van der Waals surface area contributed by atoms with Gasteiger partial charge >= 0.3 is 0 Å². The summed E-state index contributed by atoms with van der Waals surface area (Å²) in [6, 6.07) is 0. The Kier molecular flexibility index (Phi) is 3.98. The van der Waals surface area contributed by atoms with Crippen LogP contribution in [-0.2, 0) is 4.84 Å². The van der Waals surface area contributed by atoms with E-state index in [-0.39, 0.29) is 0 Å². The van der Waals surface area contributed by atoms with Crippen LogP contribution in [0.4, 0.5) is 0 Å². The summed E-state index contributed by atoms with van der Waals surface area (Å²) in [7, 11) is 0. The monoisotopic (exact) mass is 172 g/mol. The van der Waals surface area contributed by atoms with Gasteiger partial charge in [-0.25, -0.2) is 0 Å². The molecule has 0 aromatic heterocycles. The van der Waals surface area contributed by atoms with E-state index in [4.69, 9.17) is 4.84 Å². The minimum Gasteiger partial charge on any atom is -0.301 e. The van der Waals surface area contributed by atoms with Crippen molar-refractivity contribution in [2.75, 3.05) is 32.7 Å². The summed E-state index contributed by atoms with van der Waals surface area (Å²) >= 11 is 0. The molecule has 0 aromatic rings. The minimum absolute atomic E-state index is 0.318. The molecule has 1 fully saturated rings. The topological polar surface area (TPSA) is 15.7 Å². The molecule has 0 saturated carbocycles. The lowest BCUT2D eigenvalue weighted by Crippen LogP contribution is -2.46. The highest BCUT2D eigenvalue weighted by atomic mass is 16.7. The summed E-state index contributed by atoms with van der Waals surface area (Å²) in [5.74, 6) is 0. The van der Waals surface area contributed by atoms with Crippen LogP contribution in [0, 0.1) is 0 Å². The molecule has 0 N–H and O–H groups in total. The van der Waals surface area contributed by atoms with Gasteiger partial charge in [0.25, 0.3) is 0 Å². The maximum Gasteiger partial charge on any atom is 0.0737 e. The van der Waals surface area contributed by atoms with E-state index < -0.39 is 0 Å². The Balaban J connectivity index is 2.17. The lowest BCUT2D eigenvalue weighted by molar-refractivity contribution is -0.201. The second kappa shape index (κ2) is 4.80. The zero-order valence-electron chi connectivity index (χ0n) is 8.42. The predicted octanol–water partition coefficient (Wildman–Crippen LogP) is 0.964. The lowest BCUT2D eigenvalue weighted by Gasteiger charge is -2.34. The van der Waals surface area contributed by atoms with E-state index >= 15 is 0 Å². The first kappa shape index (κ1) is 9.96. The number of piperazine rings is 1. The highest BCUT2D eigenvalue weighted by Crippen LogP contribution is 2.03. The van der Waals surface area contributed by atoms with Gasteiger partial charge in [0.1, 0.15) is 0 Å². The van der Waals surface area contributed by atoms with Crippen LogP contribution in [-0.4, -0.2) is 48.8 Å². The fraction of sp³-hybridized carbons (Fsp3) is 1.00. The third-order valence-corrected chi connectivity index (χ3v) is 2.14. The van der Waals surface area contributed by atoms with Crippen molar-refractivity contribution in [3.8, 4) is 0 Å². The lowest BCUT2D eigenvalue weighted by atomic mass is 10.3. The highest BCUT2D eigenvalue weighted by Gasteiger charge is 2.16. The Morgan fingerprint density at radius 3 is 2.17 bits per heavy atom. The van der Waals surface area contributed by atoms with Crippen molar-refractivity contribution in [3.05, 3.63) is 0 Å². The van der Waals surface area contributed by atoms with Crippen molar-refractivity contribution in [3.63, 3.8) is 0 Å². The number of hydroxylamine groups is 2. The van der Waals surface area contributed by atoms with Crippen molar-refractivity contribution in [2.45, 2.75) is 26.9 Å². The maximum absolute atomic E-state index is 5.59. The molecule has 0 radical (unpaired) electrons. The van der Waals surface area contributed by atoms with E-state index in [9.17, 15) is 0 Å². The van der Waals surface area contributed by atoms with Gasteiger partial charge in [0.2, 0.25) is 0 Å². The largest absolute Gasteiger partial charge is 0.301 e. The molecule has 0 unspecified atom stereocenters. The molecule has 1 rings (SSSR count). The van der Waals surface area contributed by atoms with Crippen LogP contribution in [0.1, 0.15) is 20.8 Å². The van der Waals surface area contributed by atoms with Gasteiger partial charge in [0, 0.05) is 26.2 Å². The van der Waals surface area contributed by atoms with Crippen LogP contribution >= 0.6 is 0 Å². The van der Waals surface area contributed by atoms with E-state index in [1.165, 1.54) is 0 Å². The third-order valence-electron chi connectivity index (χ3n) is 2.14. The average Bonchev–Trinajstić information content (AvgIpc) is 2.05. The van der Waals surface area contributed by atoms with E-state index in [1.54, 1.807) is 0 Å². The number of nitrogens with zero attached hydrogens (tertiary/aromatic N) is 2. The van der Waals surface area contributed by atoms with E-state index in [0.29, 0.717) is 6.10 Å². The van der Waals surface area contributed by atoms with E-state index in [0.717, 1.165) is 32.7 Å². The van der Waals surface area contributed by atoms with Crippen molar-refractivity contribution < 1.29 is 4.84 Å². The van der Waals surface area contributed by atoms with Gasteiger partial charge in [0.05, 0.1) is 6.10 Å². The summed E-state index contributed by atoms with van der Waals surface area (Å²) < 4.78 is 0. The molecule has 12 heavy (non-hydrogen) atoms. The summed E-state index contributed by atoms with van der Waals surface area (Å²) in [5.41, 5.74) is 0. The number of hydrogen-bond acceptors (Lipinski definition) is 3. The SMILES string of the molecule is CCN1CCN(OC(C)C)CC1. The molecule has 3 nitrogen and oxygen atoms in total. The fourth-order valence-corrected chi connectivity index (χ4v) is 1.45. The Labute approximate surface area is 75.2 Å². The van der Waals surface area contributed by atoms with Crippen molar-refractivity contribution >= 4 is 0 Å². The highest BCUT2D eigenvalue weighted by molar-refractivity contribution is 4.65. The zero-order chi connectivity index (χ0) is 8.97. The molecule has 72 valence electrons. The number of hydrogen-bond donors (Lipinski definition) is 0. The summed E-state index contributed by atoms with van der Waals surface area (Å²) in [5, 5.41) is 2.08. The van der Waals surface area contributed by atoms with Gasteiger partial charge in [-0.2, -0.15) is 5.06 Å². The summed E-state index contributed by atoms with van der Waals surface area (Å²) in [4.78, 5) is 8.04. The van der Waals surface area contributed by atoms with Gasteiger partial charge in [-0.05, 0) is 20.4 Å². The fourth-order valence-electron chi connectivity index (χ4n) is 1.45. The van der Waals surface area contributed by atoms with Crippen LogP contribution in [0.15, 0.2) is 0 Å². The normalized spacial score (nSPS) is 22.0. The molecular formula is C9H20N2O. The standard InChI is InChI=1S/C9H20N2O/c1-4-10-5-7-11(8-6-10)12-9(2)3/h9H,4-8H2,1-3H3. The number of rotatable bonds is 3. The molecule has 0 aromatic carbocycles. The van der Waals surface area contributed by atoms with Crippen molar-refractivity contribution in [1.29, 1.82) is 0 Å². The molecule has 0 amide bonds. The molecule has 0 spiro atoms. The molecule has 1 aliphatic rings. The Hall–Kier alpha value is -0.120. The van der Waals surface area contributed by atoms with Crippen LogP contribution in [0.25, 0.3) is 0 Å². The molecular weight excluding hydrogens is 152 g/mol. The predicted molar refractivity (Wildman–Crippen MR) is 49.9 cm³/mol. The van der Waals surface area contributed by atoms with E-state index in [2.05, 4.69) is 30.7 Å². The van der Waals surface area contributed by atoms with Crippen molar-refractivity contribution in [1.82, 2.24) is 9.96 Å². The molecule has 3 heteroatoms. The molecule has 0 aliphatic carbocycles. The van der Waals surface area contributed by atoms with E-state index in [1.807, 2.05) is 0 Å². The summed E-state index contributed by atoms with van der Waals surface area (Å²) in [6.45, 7) is 11.9. The average molecular weight is 172 g/mol. The third kappa shape index (κ3) is 3.09. The van der Waals surface area contributed by atoms with Crippen LogP contribution < -0.4 is 0 Å². The second-order valence-electron chi connectivity index (χ2n) is 3.52. The van der Waals surface area contributed by atoms with Gasteiger partial charge < -0.3 is 4.90 Å². The quantitative estimate of drug-likeness (QED) is 0.630. The van der Waals surface area contributed by atoms with Gasteiger partial charge in [-0.3, -0.25) is 4.84 Å². The first-order valence-electron chi connectivity index (χ1n) is 4.86. The Bertz CT molecular complexity index is 120.